The van der Waals surface area contributed by atoms with Gasteiger partial charge in [0.25, 0.3) is 0 Å². The molecule has 0 fully saturated rings. The van der Waals surface area contributed by atoms with Gasteiger partial charge in [-0.2, -0.15) is 0 Å². The normalized spacial score (nSPS) is 12.0. The molecule has 7 heavy (non-hydrogen) atoms. The molecule has 0 aromatic rings. The largest absolute Gasteiger partial charge is 0.377 e. The molecule has 0 amide bonds. The van der Waals surface area contributed by atoms with Crippen molar-refractivity contribution in [1.82, 2.24) is 0 Å². The molecule has 1 atom stereocenters. The first-order chi connectivity index (χ1) is 3.12. The van der Waals surface area contributed by atoms with E-state index in [2.05, 4.69) is 6.92 Å². The second kappa shape index (κ2) is 2.53. The first-order valence-corrected chi connectivity index (χ1v) is 2.62. The molecule has 0 saturated carbocycles. The van der Waals surface area contributed by atoms with E-state index in [1.54, 1.807) is 7.11 Å². The van der Waals surface area contributed by atoms with Crippen LogP contribution in [-0.2, 0) is 4.74 Å². The van der Waals surface area contributed by atoms with E-state index in [1.165, 1.54) is 0 Å². The maximum Gasteiger partial charge on any atom is 0.0786 e. The van der Waals surface area contributed by atoms with Gasteiger partial charge >= 0.3 is 0 Å². The molecule has 0 aromatic carbocycles. The lowest BCUT2D eigenvalue weighted by molar-refractivity contribution is 0.0661. The average molecular weight is 122 g/mol. The van der Waals surface area contributed by atoms with E-state index in [-0.39, 0.29) is 0 Å². The van der Waals surface area contributed by atoms with Gasteiger partial charge in [0.2, 0.25) is 0 Å². The lowest BCUT2D eigenvalue weighted by Gasteiger charge is -2.17. The number of rotatable bonds is 2. The molecular formula is C5H10ClO. The van der Waals surface area contributed by atoms with Crippen LogP contribution in [0.2, 0.25) is 0 Å². The van der Waals surface area contributed by atoms with E-state index in [1.807, 2.05) is 6.92 Å². The standard InChI is InChI=1S/C5H10ClO/c1-5(2,4-6)7-3/h1,4H2,2-3H3. The zero-order chi connectivity index (χ0) is 5.91. The Labute approximate surface area is 49.6 Å². The lowest BCUT2D eigenvalue weighted by atomic mass is 10.2. The van der Waals surface area contributed by atoms with Gasteiger partial charge in [0, 0.05) is 7.11 Å². The van der Waals surface area contributed by atoms with Gasteiger partial charge in [0.05, 0.1) is 11.5 Å². The first-order valence-electron chi connectivity index (χ1n) is 2.09. The average Bonchev–Trinajstić information content (AvgIpc) is 1.68. The van der Waals surface area contributed by atoms with E-state index >= 15 is 0 Å². The summed E-state index contributed by atoms with van der Waals surface area (Å²) in [7, 11) is 1.59. The monoisotopic (exact) mass is 121 g/mol. The third-order valence-electron chi connectivity index (χ3n) is 0.775. The van der Waals surface area contributed by atoms with E-state index in [0.29, 0.717) is 5.88 Å². The van der Waals surface area contributed by atoms with Crippen LogP contribution < -0.4 is 0 Å². The molecule has 0 aromatic heterocycles. The van der Waals surface area contributed by atoms with Gasteiger partial charge in [0.1, 0.15) is 0 Å². The van der Waals surface area contributed by atoms with Crippen LogP contribution in [0.1, 0.15) is 6.92 Å². The maximum atomic E-state index is 5.41. The molecule has 1 radical (unpaired) electrons. The van der Waals surface area contributed by atoms with Crippen molar-refractivity contribution in [2.24, 2.45) is 0 Å². The van der Waals surface area contributed by atoms with Crippen LogP contribution >= 0.6 is 11.6 Å². The molecule has 0 rings (SSSR count). The Morgan fingerprint density at radius 3 is 2.29 bits per heavy atom. The van der Waals surface area contributed by atoms with Crippen LogP contribution in [0.15, 0.2) is 0 Å². The Bertz CT molecular complexity index is 46.0. The predicted molar refractivity (Wildman–Crippen MR) is 31.5 cm³/mol. The van der Waals surface area contributed by atoms with Crippen molar-refractivity contribution in [2.45, 2.75) is 12.5 Å². The van der Waals surface area contributed by atoms with Crippen molar-refractivity contribution >= 4 is 11.6 Å². The first kappa shape index (κ1) is 7.25. The van der Waals surface area contributed by atoms with Gasteiger partial charge in [-0.25, -0.2) is 0 Å². The van der Waals surface area contributed by atoms with Gasteiger partial charge in [-0.05, 0) is 13.8 Å². The molecule has 1 unspecified atom stereocenters. The van der Waals surface area contributed by atoms with Crippen LogP contribution in [0.5, 0.6) is 0 Å². The number of alkyl halides is 1. The van der Waals surface area contributed by atoms with E-state index in [9.17, 15) is 0 Å². The van der Waals surface area contributed by atoms with Crippen molar-refractivity contribution in [3.63, 3.8) is 0 Å². The fraction of sp³-hybridized carbons (Fsp3) is 0.800. The number of hydrogen-bond donors (Lipinski definition) is 0. The van der Waals surface area contributed by atoms with Crippen LogP contribution in [-0.4, -0.2) is 18.6 Å². The minimum absolute atomic E-state index is 0.401. The van der Waals surface area contributed by atoms with E-state index < -0.39 is 5.60 Å². The lowest BCUT2D eigenvalue weighted by Crippen LogP contribution is -2.24. The highest BCUT2D eigenvalue weighted by Crippen LogP contribution is 2.07. The molecule has 0 bridgehead atoms. The number of hydrogen-bond acceptors (Lipinski definition) is 1. The molecule has 43 valence electrons. The van der Waals surface area contributed by atoms with Crippen LogP contribution in [0, 0.1) is 6.92 Å². The highest BCUT2D eigenvalue weighted by Gasteiger charge is 2.12. The van der Waals surface area contributed by atoms with Crippen LogP contribution in [0.4, 0.5) is 0 Å². The van der Waals surface area contributed by atoms with Gasteiger partial charge in [-0.1, -0.05) is 0 Å². The second-order valence-corrected chi connectivity index (χ2v) is 2.05. The summed E-state index contributed by atoms with van der Waals surface area (Å²) in [6.07, 6.45) is 0. The van der Waals surface area contributed by atoms with Crippen LogP contribution in [0.25, 0.3) is 0 Å². The Morgan fingerprint density at radius 2 is 2.29 bits per heavy atom. The molecule has 0 heterocycles. The summed E-state index contributed by atoms with van der Waals surface area (Å²) in [4.78, 5) is 0. The molecule has 0 spiro atoms. The summed E-state index contributed by atoms with van der Waals surface area (Å²) < 4.78 is 4.84. The van der Waals surface area contributed by atoms with Gasteiger partial charge in [0.15, 0.2) is 0 Å². The molecule has 0 saturated heterocycles. The third kappa shape index (κ3) is 2.89. The fourth-order valence-corrected chi connectivity index (χ4v) is 0.164. The second-order valence-electron chi connectivity index (χ2n) is 1.79. The van der Waals surface area contributed by atoms with E-state index in [4.69, 9.17) is 16.3 Å². The molecule has 0 N–H and O–H groups in total. The maximum absolute atomic E-state index is 5.41. The summed E-state index contributed by atoms with van der Waals surface area (Å²) >= 11 is 5.41. The Hall–Kier alpha value is 0.250. The number of halogens is 1. The molecule has 0 aliphatic carbocycles. The molecule has 0 aliphatic heterocycles. The van der Waals surface area contributed by atoms with Gasteiger partial charge < -0.3 is 4.74 Å². The number of ether oxygens (including phenoxy) is 1. The summed E-state index contributed by atoms with van der Waals surface area (Å²) in [6, 6.07) is 0. The quantitative estimate of drug-likeness (QED) is 0.503. The zero-order valence-electron chi connectivity index (χ0n) is 4.70. The highest BCUT2D eigenvalue weighted by molar-refractivity contribution is 6.18. The summed E-state index contributed by atoms with van der Waals surface area (Å²) in [5.41, 5.74) is -0.401. The van der Waals surface area contributed by atoms with Crippen molar-refractivity contribution < 1.29 is 4.74 Å². The molecule has 2 heteroatoms. The molecule has 0 aliphatic rings. The van der Waals surface area contributed by atoms with Crippen molar-refractivity contribution in [2.75, 3.05) is 13.0 Å². The summed E-state index contributed by atoms with van der Waals surface area (Å²) in [5.74, 6) is 0.434. The fourth-order valence-electron chi connectivity index (χ4n) is 0.0546. The van der Waals surface area contributed by atoms with Gasteiger partial charge in [-0.15, -0.1) is 11.6 Å². The SMILES string of the molecule is [CH2]C(C)(CCl)OC. The van der Waals surface area contributed by atoms with Crippen molar-refractivity contribution in [3.8, 4) is 0 Å². The molecule has 1 nitrogen and oxygen atoms in total. The Kier molecular flexibility index (Phi) is 2.62. The third-order valence-corrected chi connectivity index (χ3v) is 1.34. The molecular weight excluding hydrogens is 112 g/mol. The minimum Gasteiger partial charge on any atom is -0.377 e. The van der Waals surface area contributed by atoms with Crippen molar-refractivity contribution in [3.05, 3.63) is 6.92 Å². The summed E-state index contributed by atoms with van der Waals surface area (Å²) in [5, 5.41) is 0. The predicted octanol–water partition coefficient (Wildman–Crippen LogP) is 1.46. The van der Waals surface area contributed by atoms with Gasteiger partial charge in [-0.3, -0.25) is 0 Å². The topological polar surface area (TPSA) is 9.23 Å². The highest BCUT2D eigenvalue weighted by atomic mass is 35.5. The minimum atomic E-state index is -0.401. The summed E-state index contributed by atoms with van der Waals surface area (Å²) in [6.45, 7) is 5.49. The number of methoxy groups -OCH3 is 1. The smallest absolute Gasteiger partial charge is 0.0786 e. The van der Waals surface area contributed by atoms with Crippen molar-refractivity contribution in [1.29, 1.82) is 0 Å². The zero-order valence-corrected chi connectivity index (χ0v) is 5.46. The van der Waals surface area contributed by atoms with Crippen LogP contribution in [0.3, 0.4) is 0 Å². The van der Waals surface area contributed by atoms with E-state index in [0.717, 1.165) is 0 Å². The Balaban J connectivity index is 3.36. The Morgan fingerprint density at radius 1 is 1.86 bits per heavy atom.